The lowest BCUT2D eigenvalue weighted by molar-refractivity contribution is -0.385. The molecule has 156 valence electrons. The summed E-state index contributed by atoms with van der Waals surface area (Å²) in [6.45, 7) is 4.63. The Morgan fingerprint density at radius 2 is 2.03 bits per heavy atom. The summed E-state index contributed by atoms with van der Waals surface area (Å²) in [6.07, 6.45) is 2.09. The Morgan fingerprint density at radius 3 is 2.70 bits per heavy atom. The zero-order valence-corrected chi connectivity index (χ0v) is 16.7. The van der Waals surface area contributed by atoms with Crippen LogP contribution in [0.3, 0.4) is 0 Å². The first-order valence-electron chi connectivity index (χ1n) is 9.74. The second-order valence-electron chi connectivity index (χ2n) is 7.61. The minimum absolute atomic E-state index is 0.0501. The number of aryl methyl sites for hydroxylation is 1. The number of hydrogen-bond acceptors (Lipinski definition) is 6. The van der Waals surface area contributed by atoms with Crippen LogP contribution in [0.1, 0.15) is 55.3 Å². The number of fused-ring (bicyclic) bond motifs is 1. The molecular weight excluding hydrogens is 390 g/mol. The molecule has 0 aliphatic carbocycles. The maximum absolute atomic E-state index is 13.0. The van der Waals surface area contributed by atoms with Crippen molar-refractivity contribution in [3.05, 3.63) is 62.5 Å². The Morgan fingerprint density at radius 1 is 1.27 bits per heavy atom. The average molecular weight is 411 g/mol. The molecular formula is C21H21N3O6. The molecule has 0 unspecified atom stereocenters. The molecule has 0 radical (unpaired) electrons. The maximum atomic E-state index is 13.0. The molecule has 1 fully saturated rings. The van der Waals surface area contributed by atoms with Crippen molar-refractivity contribution < 1.29 is 24.0 Å². The van der Waals surface area contributed by atoms with Gasteiger partial charge >= 0.3 is 0 Å². The van der Waals surface area contributed by atoms with Crippen molar-refractivity contribution in [1.82, 2.24) is 9.47 Å². The minimum atomic E-state index is -0.816. The summed E-state index contributed by atoms with van der Waals surface area (Å²) < 4.78 is 7.69. The standard InChI is InChI=1S/C21H21N3O6/c1-12-9-16(13(2)22(12)10-14-5-4-8-30-14)18(25)11-23-20(26)15-6-3-7-17(24(28)29)19(15)21(23)27/h3,6-7,9,14H,4-5,8,10-11H2,1-2H3/t14-/m1/s1. The zero-order chi connectivity index (χ0) is 21.6. The van der Waals surface area contributed by atoms with Gasteiger partial charge in [-0.3, -0.25) is 29.4 Å². The van der Waals surface area contributed by atoms with Gasteiger partial charge in [-0.05, 0) is 38.8 Å². The highest BCUT2D eigenvalue weighted by Gasteiger charge is 2.42. The number of aromatic nitrogens is 1. The third kappa shape index (κ3) is 3.21. The van der Waals surface area contributed by atoms with E-state index in [0.717, 1.165) is 35.7 Å². The van der Waals surface area contributed by atoms with Gasteiger partial charge in [0.15, 0.2) is 5.78 Å². The third-order valence-corrected chi connectivity index (χ3v) is 5.76. The number of hydrogen-bond donors (Lipinski definition) is 0. The van der Waals surface area contributed by atoms with Crippen LogP contribution in [0.2, 0.25) is 0 Å². The van der Waals surface area contributed by atoms with E-state index in [1.54, 1.807) is 6.07 Å². The first-order chi connectivity index (χ1) is 14.3. The third-order valence-electron chi connectivity index (χ3n) is 5.76. The number of rotatable bonds is 6. The van der Waals surface area contributed by atoms with Crippen LogP contribution in [0.15, 0.2) is 24.3 Å². The Hall–Kier alpha value is -3.33. The van der Waals surface area contributed by atoms with E-state index in [-0.39, 0.29) is 23.0 Å². The molecule has 0 saturated carbocycles. The van der Waals surface area contributed by atoms with Crippen LogP contribution in [0.25, 0.3) is 0 Å². The van der Waals surface area contributed by atoms with E-state index in [2.05, 4.69) is 0 Å². The Kier molecular flexibility index (Phi) is 4.98. The van der Waals surface area contributed by atoms with E-state index in [1.807, 2.05) is 18.4 Å². The molecule has 0 N–H and O–H groups in total. The molecule has 9 heteroatoms. The maximum Gasteiger partial charge on any atom is 0.282 e. The van der Waals surface area contributed by atoms with Crippen LogP contribution in [-0.4, -0.2) is 51.2 Å². The summed E-state index contributed by atoms with van der Waals surface area (Å²) in [7, 11) is 0. The van der Waals surface area contributed by atoms with Crippen LogP contribution in [-0.2, 0) is 11.3 Å². The van der Waals surface area contributed by atoms with Crippen molar-refractivity contribution in [3.8, 4) is 0 Å². The van der Waals surface area contributed by atoms with Crippen LogP contribution in [0.5, 0.6) is 0 Å². The van der Waals surface area contributed by atoms with Crippen LogP contribution in [0.4, 0.5) is 5.69 Å². The predicted molar refractivity (Wildman–Crippen MR) is 106 cm³/mol. The van der Waals surface area contributed by atoms with Gasteiger partial charge in [-0.25, -0.2) is 0 Å². The first-order valence-corrected chi connectivity index (χ1v) is 9.74. The molecule has 3 heterocycles. The number of nitro groups is 1. The predicted octanol–water partition coefficient (Wildman–Crippen LogP) is 2.67. The second-order valence-corrected chi connectivity index (χ2v) is 7.61. The molecule has 1 atom stereocenters. The molecule has 2 amide bonds. The number of nitro benzene ring substituents is 1. The number of carbonyl (C=O) groups excluding carboxylic acids is 3. The molecule has 2 aliphatic rings. The summed E-state index contributed by atoms with van der Waals surface area (Å²) in [5.41, 5.74) is 1.32. The number of ketones is 1. The second kappa shape index (κ2) is 7.49. The number of ether oxygens (including phenoxy) is 1. The zero-order valence-electron chi connectivity index (χ0n) is 16.7. The number of benzene rings is 1. The number of carbonyl (C=O) groups is 3. The van der Waals surface area contributed by atoms with E-state index >= 15 is 0 Å². The summed E-state index contributed by atoms with van der Waals surface area (Å²) in [6, 6.07) is 5.63. The fourth-order valence-electron chi connectivity index (χ4n) is 4.20. The molecule has 9 nitrogen and oxygen atoms in total. The minimum Gasteiger partial charge on any atom is -0.376 e. The van der Waals surface area contributed by atoms with Crippen LogP contribution in [0, 0.1) is 24.0 Å². The normalized spacial score (nSPS) is 18.2. The largest absolute Gasteiger partial charge is 0.376 e. The van der Waals surface area contributed by atoms with Crippen molar-refractivity contribution in [1.29, 1.82) is 0 Å². The number of imide groups is 1. The highest BCUT2D eigenvalue weighted by molar-refractivity contribution is 6.24. The molecule has 30 heavy (non-hydrogen) atoms. The Balaban J connectivity index is 1.58. The lowest BCUT2D eigenvalue weighted by Gasteiger charge is -2.15. The summed E-state index contributed by atoms with van der Waals surface area (Å²) in [4.78, 5) is 49.6. The molecule has 0 bridgehead atoms. The van der Waals surface area contributed by atoms with E-state index in [0.29, 0.717) is 12.1 Å². The molecule has 2 aliphatic heterocycles. The Bertz CT molecular complexity index is 1080. The van der Waals surface area contributed by atoms with E-state index in [4.69, 9.17) is 4.74 Å². The molecule has 1 aromatic heterocycles. The highest BCUT2D eigenvalue weighted by Crippen LogP contribution is 2.31. The van der Waals surface area contributed by atoms with E-state index in [9.17, 15) is 24.5 Å². The van der Waals surface area contributed by atoms with Gasteiger partial charge in [0.25, 0.3) is 17.5 Å². The van der Waals surface area contributed by atoms with Crippen molar-refractivity contribution in [2.75, 3.05) is 13.2 Å². The van der Waals surface area contributed by atoms with Gasteiger partial charge in [-0.1, -0.05) is 6.07 Å². The van der Waals surface area contributed by atoms with Crippen molar-refractivity contribution >= 4 is 23.3 Å². The van der Waals surface area contributed by atoms with Crippen molar-refractivity contribution in [3.63, 3.8) is 0 Å². The van der Waals surface area contributed by atoms with Gasteiger partial charge in [-0.15, -0.1) is 0 Å². The van der Waals surface area contributed by atoms with Gasteiger partial charge in [0.1, 0.15) is 5.56 Å². The number of Topliss-reactive ketones (excluding diaryl/α,β-unsaturated/α-hetero) is 1. The fraction of sp³-hybridized carbons (Fsp3) is 0.381. The molecule has 0 spiro atoms. The smallest absolute Gasteiger partial charge is 0.282 e. The summed E-state index contributed by atoms with van der Waals surface area (Å²) >= 11 is 0. The topological polar surface area (TPSA) is 112 Å². The quantitative estimate of drug-likeness (QED) is 0.313. The van der Waals surface area contributed by atoms with Crippen LogP contribution < -0.4 is 0 Å². The molecule has 2 aromatic rings. The van der Waals surface area contributed by atoms with Gasteiger partial charge in [0, 0.05) is 36.2 Å². The Labute approximate surface area is 172 Å². The monoisotopic (exact) mass is 411 g/mol. The number of nitrogens with zero attached hydrogens (tertiary/aromatic N) is 3. The van der Waals surface area contributed by atoms with Gasteiger partial charge in [-0.2, -0.15) is 0 Å². The lowest BCUT2D eigenvalue weighted by Crippen LogP contribution is -2.35. The number of amides is 2. The van der Waals surface area contributed by atoms with E-state index in [1.165, 1.54) is 18.2 Å². The summed E-state index contributed by atoms with van der Waals surface area (Å²) in [5, 5.41) is 11.2. The lowest BCUT2D eigenvalue weighted by atomic mass is 10.1. The van der Waals surface area contributed by atoms with Gasteiger partial charge < -0.3 is 9.30 Å². The fourth-order valence-corrected chi connectivity index (χ4v) is 4.20. The van der Waals surface area contributed by atoms with E-state index < -0.39 is 29.0 Å². The average Bonchev–Trinajstić information content (AvgIpc) is 3.39. The van der Waals surface area contributed by atoms with Gasteiger partial charge in [0.05, 0.1) is 23.1 Å². The molecule has 4 rings (SSSR count). The van der Waals surface area contributed by atoms with Crippen molar-refractivity contribution in [2.45, 2.75) is 39.3 Å². The highest BCUT2D eigenvalue weighted by atomic mass is 16.6. The molecule has 1 aromatic carbocycles. The molecule has 1 saturated heterocycles. The first kappa shape index (κ1) is 20.0. The van der Waals surface area contributed by atoms with Crippen LogP contribution >= 0.6 is 0 Å². The van der Waals surface area contributed by atoms with Crippen molar-refractivity contribution in [2.24, 2.45) is 0 Å². The van der Waals surface area contributed by atoms with Gasteiger partial charge in [0.2, 0.25) is 0 Å². The SMILES string of the molecule is Cc1cc(C(=O)CN2C(=O)c3cccc([N+](=O)[O-])c3C2=O)c(C)n1C[C@H]1CCCO1. The summed E-state index contributed by atoms with van der Waals surface area (Å²) in [5.74, 6) is -1.90.